The van der Waals surface area contributed by atoms with Crippen LogP contribution in [0.5, 0.6) is 0 Å². The van der Waals surface area contributed by atoms with E-state index in [1.165, 1.54) is 24.1 Å². The summed E-state index contributed by atoms with van der Waals surface area (Å²) in [6.45, 7) is 4.10. The highest BCUT2D eigenvalue weighted by Gasteiger charge is 2.32. The van der Waals surface area contributed by atoms with Gasteiger partial charge in [0.1, 0.15) is 0 Å². The third-order valence-electron chi connectivity index (χ3n) is 5.65. The molecule has 0 radical (unpaired) electrons. The Morgan fingerprint density at radius 3 is 2.80 bits per heavy atom. The second-order valence-corrected chi connectivity index (χ2v) is 7.47. The number of hydrogen-bond acceptors (Lipinski definition) is 4. The van der Waals surface area contributed by atoms with E-state index in [2.05, 4.69) is 44.0 Å². The van der Waals surface area contributed by atoms with Gasteiger partial charge in [0, 0.05) is 50.3 Å². The maximum atomic E-state index is 10.4. The Bertz CT molecular complexity index is 666. The predicted molar refractivity (Wildman–Crippen MR) is 99.5 cm³/mol. The van der Waals surface area contributed by atoms with Crippen LogP contribution in [0.4, 0.5) is 5.69 Å². The molecule has 2 aromatic rings. The van der Waals surface area contributed by atoms with Crippen molar-refractivity contribution < 1.29 is 5.11 Å². The maximum absolute atomic E-state index is 10.4. The summed E-state index contributed by atoms with van der Waals surface area (Å²) in [5.41, 5.74) is 2.70. The van der Waals surface area contributed by atoms with Crippen LogP contribution in [0.3, 0.4) is 0 Å². The lowest BCUT2D eigenvalue weighted by atomic mass is 10.1. The SMILES string of the molecule is O[C@@H]1CC(Cn2ccnc2)C[C@H]1NCc1ccccc1N1CCCC1. The molecule has 134 valence electrons. The molecule has 1 aliphatic carbocycles. The molecule has 5 heteroatoms. The molecule has 1 aromatic heterocycles. The van der Waals surface area contributed by atoms with Gasteiger partial charge in [0.15, 0.2) is 0 Å². The Balaban J connectivity index is 1.35. The standard InChI is InChI=1S/C20H28N4O/c25-20-12-16(14-23-10-7-21-15-23)11-18(20)22-13-17-5-1-2-6-19(17)24-8-3-4-9-24/h1-2,5-7,10,15-16,18,20,22,25H,3-4,8-9,11-14H2/t16?,18-,20-/m1/s1. The van der Waals surface area contributed by atoms with Crippen LogP contribution in [-0.2, 0) is 13.1 Å². The predicted octanol–water partition coefficient (Wildman–Crippen LogP) is 2.41. The highest BCUT2D eigenvalue weighted by Crippen LogP contribution is 2.29. The number of nitrogens with zero attached hydrogens (tertiary/aromatic N) is 3. The molecule has 1 unspecified atom stereocenters. The van der Waals surface area contributed by atoms with E-state index in [1.54, 1.807) is 0 Å². The van der Waals surface area contributed by atoms with Crippen LogP contribution >= 0.6 is 0 Å². The smallest absolute Gasteiger partial charge is 0.0945 e. The minimum absolute atomic E-state index is 0.181. The van der Waals surface area contributed by atoms with E-state index in [0.29, 0.717) is 5.92 Å². The number of aromatic nitrogens is 2. The fraction of sp³-hybridized carbons (Fsp3) is 0.550. The summed E-state index contributed by atoms with van der Waals surface area (Å²) < 4.78 is 2.11. The van der Waals surface area contributed by atoms with Gasteiger partial charge in [-0.1, -0.05) is 18.2 Å². The molecule has 1 saturated carbocycles. The van der Waals surface area contributed by atoms with E-state index in [9.17, 15) is 5.11 Å². The van der Waals surface area contributed by atoms with Gasteiger partial charge in [-0.05, 0) is 43.2 Å². The molecule has 25 heavy (non-hydrogen) atoms. The molecule has 1 aromatic carbocycles. The van der Waals surface area contributed by atoms with Crippen LogP contribution in [0.25, 0.3) is 0 Å². The van der Waals surface area contributed by atoms with Crippen molar-refractivity contribution in [3.8, 4) is 0 Å². The van der Waals surface area contributed by atoms with Crippen LogP contribution in [-0.4, -0.2) is 39.9 Å². The van der Waals surface area contributed by atoms with Crippen LogP contribution in [0.1, 0.15) is 31.2 Å². The van der Waals surface area contributed by atoms with Gasteiger partial charge < -0.3 is 19.9 Å². The maximum Gasteiger partial charge on any atom is 0.0945 e. The number of hydrogen-bond donors (Lipinski definition) is 2. The van der Waals surface area contributed by atoms with Crippen molar-refractivity contribution in [3.05, 3.63) is 48.5 Å². The number of aliphatic hydroxyl groups excluding tert-OH is 1. The molecular formula is C20H28N4O. The highest BCUT2D eigenvalue weighted by atomic mass is 16.3. The summed E-state index contributed by atoms with van der Waals surface area (Å²) in [7, 11) is 0. The lowest BCUT2D eigenvalue weighted by Gasteiger charge is -2.23. The van der Waals surface area contributed by atoms with E-state index >= 15 is 0 Å². The molecule has 4 rings (SSSR count). The second kappa shape index (κ2) is 7.58. The van der Waals surface area contributed by atoms with Gasteiger partial charge in [-0.25, -0.2) is 4.98 Å². The molecule has 0 amide bonds. The summed E-state index contributed by atoms with van der Waals surface area (Å²) in [5, 5.41) is 14.1. The third-order valence-corrected chi connectivity index (χ3v) is 5.65. The van der Waals surface area contributed by atoms with Gasteiger partial charge in [-0.2, -0.15) is 0 Å². The molecule has 1 saturated heterocycles. The number of imidazole rings is 1. The summed E-state index contributed by atoms with van der Waals surface area (Å²) in [4.78, 5) is 6.60. The lowest BCUT2D eigenvalue weighted by Crippen LogP contribution is -2.35. The molecule has 2 N–H and O–H groups in total. The number of rotatable bonds is 6. The Kier molecular flexibility index (Phi) is 5.04. The summed E-state index contributed by atoms with van der Waals surface area (Å²) in [6.07, 6.45) is 9.88. The van der Waals surface area contributed by atoms with Gasteiger partial charge in [-0.15, -0.1) is 0 Å². The van der Waals surface area contributed by atoms with E-state index in [1.807, 2.05) is 18.7 Å². The monoisotopic (exact) mass is 340 g/mol. The van der Waals surface area contributed by atoms with E-state index in [0.717, 1.165) is 39.0 Å². The number of nitrogens with one attached hydrogen (secondary N) is 1. The first-order valence-electron chi connectivity index (χ1n) is 9.49. The largest absolute Gasteiger partial charge is 0.391 e. The average Bonchev–Trinajstić information content (AvgIpc) is 3.36. The van der Waals surface area contributed by atoms with Crippen molar-refractivity contribution in [2.45, 2.75) is 50.9 Å². The molecule has 0 spiro atoms. The average molecular weight is 340 g/mol. The Morgan fingerprint density at radius 2 is 2.00 bits per heavy atom. The van der Waals surface area contributed by atoms with Gasteiger partial charge in [0.25, 0.3) is 0 Å². The molecule has 1 aliphatic heterocycles. The van der Waals surface area contributed by atoms with Crippen molar-refractivity contribution in [1.82, 2.24) is 14.9 Å². The fourth-order valence-electron chi connectivity index (χ4n) is 4.35. The van der Waals surface area contributed by atoms with Crippen LogP contribution < -0.4 is 10.2 Å². The molecule has 2 heterocycles. The molecule has 3 atom stereocenters. The molecule has 2 fully saturated rings. The zero-order chi connectivity index (χ0) is 17.1. The van der Waals surface area contributed by atoms with Gasteiger partial charge >= 0.3 is 0 Å². The minimum Gasteiger partial charge on any atom is -0.391 e. The molecule has 2 aliphatic rings. The van der Waals surface area contributed by atoms with Crippen LogP contribution in [0.15, 0.2) is 43.0 Å². The number of para-hydroxylation sites is 1. The van der Waals surface area contributed by atoms with E-state index in [-0.39, 0.29) is 12.1 Å². The molecular weight excluding hydrogens is 312 g/mol. The third kappa shape index (κ3) is 3.88. The van der Waals surface area contributed by atoms with Crippen molar-refractivity contribution in [1.29, 1.82) is 0 Å². The zero-order valence-corrected chi connectivity index (χ0v) is 14.7. The van der Waals surface area contributed by atoms with E-state index in [4.69, 9.17) is 0 Å². The Morgan fingerprint density at radius 1 is 1.16 bits per heavy atom. The minimum atomic E-state index is -0.257. The first-order chi connectivity index (χ1) is 12.3. The van der Waals surface area contributed by atoms with Crippen LogP contribution in [0, 0.1) is 5.92 Å². The highest BCUT2D eigenvalue weighted by molar-refractivity contribution is 5.54. The van der Waals surface area contributed by atoms with E-state index < -0.39 is 0 Å². The quantitative estimate of drug-likeness (QED) is 0.848. The first-order valence-corrected chi connectivity index (χ1v) is 9.49. The lowest BCUT2D eigenvalue weighted by molar-refractivity contribution is 0.145. The van der Waals surface area contributed by atoms with Crippen molar-refractivity contribution in [2.75, 3.05) is 18.0 Å². The molecule has 5 nitrogen and oxygen atoms in total. The van der Waals surface area contributed by atoms with Gasteiger partial charge in [0.05, 0.1) is 12.4 Å². The summed E-state index contributed by atoms with van der Waals surface area (Å²) in [6, 6.07) is 8.87. The van der Waals surface area contributed by atoms with Crippen molar-refractivity contribution in [3.63, 3.8) is 0 Å². The number of anilines is 1. The molecule has 0 bridgehead atoms. The summed E-state index contributed by atoms with van der Waals surface area (Å²) in [5.74, 6) is 0.510. The number of aliphatic hydroxyl groups is 1. The van der Waals surface area contributed by atoms with Crippen LogP contribution in [0.2, 0.25) is 0 Å². The zero-order valence-electron chi connectivity index (χ0n) is 14.7. The Hall–Kier alpha value is -1.85. The summed E-state index contributed by atoms with van der Waals surface area (Å²) >= 11 is 0. The topological polar surface area (TPSA) is 53.3 Å². The normalized spacial score (nSPS) is 26.4. The van der Waals surface area contributed by atoms with Crippen molar-refractivity contribution >= 4 is 5.69 Å². The second-order valence-electron chi connectivity index (χ2n) is 7.47. The first kappa shape index (κ1) is 16.6. The van der Waals surface area contributed by atoms with Gasteiger partial charge in [-0.3, -0.25) is 0 Å². The Labute approximate surface area is 149 Å². The van der Waals surface area contributed by atoms with Crippen molar-refractivity contribution in [2.24, 2.45) is 5.92 Å². The van der Waals surface area contributed by atoms with Gasteiger partial charge in [0.2, 0.25) is 0 Å². The fourth-order valence-corrected chi connectivity index (χ4v) is 4.35. The number of benzene rings is 1.